The maximum atomic E-state index is 9.22. The summed E-state index contributed by atoms with van der Waals surface area (Å²) in [6.07, 6.45) is -1.89. The highest BCUT2D eigenvalue weighted by atomic mass is 16.8. The van der Waals surface area contributed by atoms with E-state index in [1.807, 2.05) is 13.8 Å². The molecule has 2 heterocycles. The van der Waals surface area contributed by atoms with Gasteiger partial charge in [-0.2, -0.15) is 0 Å². The number of aliphatic hydroxyl groups excluding tert-OH is 1. The molecule has 0 aromatic heterocycles. The summed E-state index contributed by atoms with van der Waals surface area (Å²) >= 11 is 0. The molecular formula is C11H20O6. The zero-order chi connectivity index (χ0) is 12.6. The number of aliphatic hydroxyl groups is 1. The minimum atomic E-state index is -0.668. The van der Waals surface area contributed by atoms with E-state index >= 15 is 0 Å². The van der Waals surface area contributed by atoms with E-state index in [-0.39, 0.29) is 24.9 Å². The van der Waals surface area contributed by atoms with Gasteiger partial charge in [-0.05, 0) is 13.8 Å². The number of fused-ring (bicyclic) bond motifs is 1. The Morgan fingerprint density at radius 2 is 2.00 bits per heavy atom. The summed E-state index contributed by atoms with van der Waals surface area (Å²) in [4.78, 5) is 0. The molecule has 0 amide bonds. The van der Waals surface area contributed by atoms with Gasteiger partial charge in [-0.25, -0.2) is 0 Å². The topological polar surface area (TPSA) is 66.4 Å². The molecule has 0 radical (unpaired) electrons. The highest BCUT2D eigenvalue weighted by molar-refractivity contribution is 4.96. The normalized spacial score (nSPS) is 41.5. The Morgan fingerprint density at radius 1 is 1.29 bits per heavy atom. The van der Waals surface area contributed by atoms with Gasteiger partial charge < -0.3 is 28.8 Å². The molecule has 0 bridgehead atoms. The van der Waals surface area contributed by atoms with Crippen molar-refractivity contribution < 1.29 is 28.8 Å². The summed E-state index contributed by atoms with van der Waals surface area (Å²) in [5, 5.41) is 9.22. The minimum Gasteiger partial charge on any atom is -0.394 e. The van der Waals surface area contributed by atoms with Crippen LogP contribution < -0.4 is 0 Å². The molecule has 100 valence electrons. The molecule has 2 saturated heterocycles. The molecular weight excluding hydrogens is 228 g/mol. The van der Waals surface area contributed by atoms with Crippen LogP contribution in [0, 0.1) is 0 Å². The molecule has 1 N–H and O–H groups in total. The highest BCUT2D eigenvalue weighted by Crippen LogP contribution is 2.39. The molecule has 5 atom stereocenters. The highest BCUT2D eigenvalue weighted by Gasteiger charge is 2.56. The lowest BCUT2D eigenvalue weighted by Crippen LogP contribution is -2.44. The van der Waals surface area contributed by atoms with Crippen LogP contribution in [0.2, 0.25) is 0 Å². The van der Waals surface area contributed by atoms with Crippen LogP contribution in [-0.4, -0.2) is 62.4 Å². The SMILES string of the molecule is CO[C@@H]1[C@H]2OC(C)(C)O[C@H]2O[C@@H]1[C@@H](CO)OC. The Balaban J connectivity index is 2.10. The Hall–Kier alpha value is -0.240. The zero-order valence-corrected chi connectivity index (χ0v) is 10.6. The van der Waals surface area contributed by atoms with Crippen molar-refractivity contribution in [3.8, 4) is 0 Å². The van der Waals surface area contributed by atoms with E-state index < -0.39 is 18.2 Å². The third-order valence-corrected chi connectivity index (χ3v) is 3.15. The molecule has 0 spiro atoms. The van der Waals surface area contributed by atoms with Crippen molar-refractivity contribution in [1.29, 1.82) is 0 Å². The summed E-state index contributed by atoms with van der Waals surface area (Å²) in [5.41, 5.74) is 0. The van der Waals surface area contributed by atoms with Crippen LogP contribution in [0.25, 0.3) is 0 Å². The molecule has 2 aliphatic heterocycles. The van der Waals surface area contributed by atoms with Crippen LogP contribution in [0.3, 0.4) is 0 Å². The summed E-state index contributed by atoms with van der Waals surface area (Å²) < 4.78 is 27.6. The predicted octanol–water partition coefficient (Wildman–Crippen LogP) is -0.115. The fourth-order valence-corrected chi connectivity index (χ4v) is 2.38. The molecule has 2 aliphatic rings. The van der Waals surface area contributed by atoms with Crippen LogP contribution in [0.4, 0.5) is 0 Å². The van der Waals surface area contributed by atoms with Gasteiger partial charge in [0.2, 0.25) is 0 Å². The first-order chi connectivity index (χ1) is 8.02. The molecule has 6 nitrogen and oxygen atoms in total. The van der Waals surface area contributed by atoms with E-state index in [9.17, 15) is 5.11 Å². The van der Waals surface area contributed by atoms with E-state index in [1.165, 1.54) is 7.11 Å². The first-order valence-electron chi connectivity index (χ1n) is 5.70. The van der Waals surface area contributed by atoms with Crippen molar-refractivity contribution in [2.45, 2.75) is 50.3 Å². The third-order valence-electron chi connectivity index (χ3n) is 3.15. The molecule has 17 heavy (non-hydrogen) atoms. The molecule has 0 aliphatic carbocycles. The molecule has 2 rings (SSSR count). The van der Waals surface area contributed by atoms with Crippen molar-refractivity contribution in [1.82, 2.24) is 0 Å². The number of methoxy groups -OCH3 is 2. The van der Waals surface area contributed by atoms with Crippen molar-refractivity contribution in [3.05, 3.63) is 0 Å². The lowest BCUT2D eigenvalue weighted by atomic mass is 10.1. The second kappa shape index (κ2) is 4.79. The van der Waals surface area contributed by atoms with Crippen LogP contribution in [-0.2, 0) is 23.7 Å². The number of hydrogen-bond donors (Lipinski definition) is 1. The number of hydrogen-bond acceptors (Lipinski definition) is 6. The molecule has 0 unspecified atom stereocenters. The van der Waals surface area contributed by atoms with Crippen LogP contribution >= 0.6 is 0 Å². The molecule has 0 aromatic carbocycles. The monoisotopic (exact) mass is 248 g/mol. The third kappa shape index (κ3) is 2.33. The average molecular weight is 248 g/mol. The smallest absolute Gasteiger partial charge is 0.190 e. The first-order valence-corrected chi connectivity index (χ1v) is 5.70. The zero-order valence-electron chi connectivity index (χ0n) is 10.6. The van der Waals surface area contributed by atoms with Crippen LogP contribution in [0.15, 0.2) is 0 Å². The van der Waals surface area contributed by atoms with Gasteiger partial charge in [0, 0.05) is 14.2 Å². The van der Waals surface area contributed by atoms with Gasteiger partial charge in [0.15, 0.2) is 12.1 Å². The lowest BCUT2D eigenvalue weighted by Gasteiger charge is -2.28. The standard InChI is InChI=1S/C11H20O6/c1-11(2)16-9-8(14-4)7(6(5-12)13-3)15-10(9)17-11/h6-10,12H,5H2,1-4H3/t6-,7-,8+,9-,10-/m1/s1. The molecule has 0 aromatic rings. The minimum absolute atomic E-state index is 0.135. The molecule has 2 fully saturated rings. The van der Waals surface area contributed by atoms with Crippen molar-refractivity contribution in [3.63, 3.8) is 0 Å². The van der Waals surface area contributed by atoms with Crippen molar-refractivity contribution in [2.75, 3.05) is 20.8 Å². The number of rotatable bonds is 4. The average Bonchev–Trinajstić information content (AvgIpc) is 2.71. The maximum Gasteiger partial charge on any atom is 0.190 e. The first kappa shape index (κ1) is 13.2. The van der Waals surface area contributed by atoms with Gasteiger partial charge >= 0.3 is 0 Å². The van der Waals surface area contributed by atoms with Gasteiger partial charge in [-0.1, -0.05) is 0 Å². The fraction of sp³-hybridized carbons (Fsp3) is 1.00. The Bertz CT molecular complexity index is 265. The maximum absolute atomic E-state index is 9.22. The Morgan fingerprint density at radius 3 is 2.53 bits per heavy atom. The number of ether oxygens (including phenoxy) is 5. The van der Waals surface area contributed by atoms with E-state index in [1.54, 1.807) is 7.11 Å². The second-order valence-electron chi connectivity index (χ2n) is 4.73. The lowest BCUT2D eigenvalue weighted by molar-refractivity contribution is -0.231. The second-order valence-corrected chi connectivity index (χ2v) is 4.73. The van der Waals surface area contributed by atoms with Gasteiger partial charge in [0.05, 0.1) is 6.61 Å². The Kier molecular flexibility index (Phi) is 3.72. The quantitative estimate of drug-likeness (QED) is 0.748. The van der Waals surface area contributed by atoms with Gasteiger partial charge in [0.1, 0.15) is 24.4 Å². The van der Waals surface area contributed by atoms with Gasteiger partial charge in [-0.3, -0.25) is 0 Å². The van der Waals surface area contributed by atoms with E-state index in [0.29, 0.717) is 0 Å². The van der Waals surface area contributed by atoms with E-state index in [2.05, 4.69) is 0 Å². The summed E-state index contributed by atoms with van der Waals surface area (Å²) in [6.45, 7) is 3.52. The summed E-state index contributed by atoms with van der Waals surface area (Å²) in [7, 11) is 3.11. The van der Waals surface area contributed by atoms with Gasteiger partial charge in [0.25, 0.3) is 0 Å². The van der Waals surface area contributed by atoms with Crippen LogP contribution in [0.5, 0.6) is 0 Å². The fourth-order valence-electron chi connectivity index (χ4n) is 2.38. The van der Waals surface area contributed by atoms with Crippen molar-refractivity contribution >= 4 is 0 Å². The summed E-state index contributed by atoms with van der Waals surface area (Å²) in [6, 6.07) is 0. The van der Waals surface area contributed by atoms with Crippen LogP contribution in [0.1, 0.15) is 13.8 Å². The summed E-state index contributed by atoms with van der Waals surface area (Å²) in [5.74, 6) is -0.668. The molecule has 6 heteroatoms. The molecule has 0 saturated carbocycles. The van der Waals surface area contributed by atoms with E-state index in [4.69, 9.17) is 23.7 Å². The largest absolute Gasteiger partial charge is 0.394 e. The van der Waals surface area contributed by atoms with Gasteiger partial charge in [-0.15, -0.1) is 0 Å². The van der Waals surface area contributed by atoms with E-state index in [0.717, 1.165) is 0 Å². The predicted molar refractivity (Wildman–Crippen MR) is 57.4 cm³/mol. The Labute approximate surface area is 101 Å². The van der Waals surface area contributed by atoms with Crippen molar-refractivity contribution in [2.24, 2.45) is 0 Å².